The second kappa shape index (κ2) is 13.4. The molecule has 41 heavy (non-hydrogen) atoms. The Morgan fingerprint density at radius 1 is 1.00 bits per heavy atom. The lowest BCUT2D eigenvalue weighted by Gasteiger charge is -2.26. The maximum atomic E-state index is 13.6. The smallest absolute Gasteiger partial charge is 0.266 e. The predicted molar refractivity (Wildman–Crippen MR) is 158 cm³/mol. The van der Waals surface area contributed by atoms with E-state index in [1.807, 2.05) is 0 Å². The zero-order chi connectivity index (χ0) is 28.8. The number of nitrogens with zero attached hydrogens (tertiary/aromatic N) is 3. The number of benzene rings is 3. The molecule has 4 aromatic rings. The maximum Gasteiger partial charge on any atom is 0.266 e. The Kier molecular flexibility index (Phi) is 9.45. The summed E-state index contributed by atoms with van der Waals surface area (Å²) in [4.78, 5) is 46.3. The van der Waals surface area contributed by atoms with Crippen LogP contribution in [0.1, 0.15) is 27.1 Å². The molecule has 0 saturated carbocycles. The molecule has 0 atom stereocenters. The fourth-order valence-electron chi connectivity index (χ4n) is 4.50. The van der Waals surface area contributed by atoms with E-state index in [2.05, 4.69) is 15.2 Å². The van der Waals surface area contributed by atoms with Crippen molar-refractivity contribution in [3.63, 3.8) is 0 Å². The van der Waals surface area contributed by atoms with Crippen molar-refractivity contribution in [2.24, 2.45) is 0 Å². The number of aromatic nitrogens is 2. The molecule has 1 aliphatic rings. The second-order valence-electron chi connectivity index (χ2n) is 9.53. The third kappa shape index (κ3) is 7.20. The van der Waals surface area contributed by atoms with Gasteiger partial charge in [0.25, 0.3) is 11.5 Å². The molecular formula is C30H28ClFN4O4S. The first-order valence-corrected chi connectivity index (χ1v) is 14.6. The summed E-state index contributed by atoms with van der Waals surface area (Å²) in [6, 6.07) is 16.8. The number of carbonyl (C=O) groups is 2. The van der Waals surface area contributed by atoms with Crippen molar-refractivity contribution in [2.75, 3.05) is 45.1 Å². The van der Waals surface area contributed by atoms with Crippen molar-refractivity contribution in [1.82, 2.24) is 19.8 Å². The number of amides is 1. The van der Waals surface area contributed by atoms with Crippen LogP contribution in [-0.2, 0) is 4.74 Å². The van der Waals surface area contributed by atoms with Crippen LogP contribution in [0, 0.1) is 5.82 Å². The SMILES string of the molecule is O=C(CSc1nc2cc(C(=O)NCCCN3CCOCC3)ccc2c(=O)n1-c1ccc(F)cc1)c1ccc(Cl)cc1. The Hall–Kier alpha value is -3.57. The van der Waals surface area contributed by atoms with Crippen LogP contribution in [0.3, 0.4) is 0 Å². The normalized spacial score (nSPS) is 13.8. The molecule has 0 unspecified atom stereocenters. The van der Waals surface area contributed by atoms with Crippen molar-refractivity contribution in [2.45, 2.75) is 11.6 Å². The minimum Gasteiger partial charge on any atom is -0.379 e. The van der Waals surface area contributed by atoms with Gasteiger partial charge in [-0.15, -0.1) is 0 Å². The number of thioether (sulfide) groups is 1. The fourth-order valence-corrected chi connectivity index (χ4v) is 5.54. The van der Waals surface area contributed by atoms with Gasteiger partial charge in [0.05, 0.1) is 35.6 Å². The monoisotopic (exact) mass is 594 g/mol. The number of morpholine rings is 1. The van der Waals surface area contributed by atoms with E-state index in [4.69, 9.17) is 16.3 Å². The lowest BCUT2D eigenvalue weighted by atomic mass is 10.1. The lowest BCUT2D eigenvalue weighted by molar-refractivity contribution is 0.0374. The highest BCUT2D eigenvalue weighted by molar-refractivity contribution is 7.99. The van der Waals surface area contributed by atoms with Crippen LogP contribution in [0.5, 0.6) is 0 Å². The number of nitrogens with one attached hydrogen (secondary N) is 1. The molecule has 1 aromatic heterocycles. The average Bonchev–Trinajstić information content (AvgIpc) is 2.99. The molecule has 8 nitrogen and oxygen atoms in total. The highest BCUT2D eigenvalue weighted by Crippen LogP contribution is 2.24. The Balaban J connectivity index is 1.38. The zero-order valence-electron chi connectivity index (χ0n) is 22.1. The molecule has 2 heterocycles. The first-order chi connectivity index (χ1) is 19.9. The predicted octanol–water partition coefficient (Wildman–Crippen LogP) is 4.61. The van der Waals surface area contributed by atoms with Crippen molar-refractivity contribution >= 4 is 46.0 Å². The first kappa shape index (κ1) is 28.9. The van der Waals surface area contributed by atoms with E-state index >= 15 is 0 Å². The van der Waals surface area contributed by atoms with Gasteiger partial charge >= 0.3 is 0 Å². The molecule has 0 spiro atoms. The van der Waals surface area contributed by atoms with Gasteiger partial charge in [-0.1, -0.05) is 23.4 Å². The number of ether oxygens (including phenoxy) is 1. The van der Waals surface area contributed by atoms with Gasteiger partial charge in [-0.25, -0.2) is 9.37 Å². The van der Waals surface area contributed by atoms with Gasteiger partial charge in [-0.3, -0.25) is 23.9 Å². The zero-order valence-corrected chi connectivity index (χ0v) is 23.7. The highest BCUT2D eigenvalue weighted by atomic mass is 35.5. The molecular weight excluding hydrogens is 567 g/mol. The summed E-state index contributed by atoms with van der Waals surface area (Å²) in [7, 11) is 0. The Bertz CT molecular complexity index is 1610. The van der Waals surface area contributed by atoms with Crippen LogP contribution in [0.25, 0.3) is 16.6 Å². The quantitative estimate of drug-likeness (QED) is 0.124. The molecule has 1 amide bonds. The number of hydrogen-bond donors (Lipinski definition) is 1. The molecule has 1 aliphatic heterocycles. The number of fused-ring (bicyclic) bond motifs is 1. The van der Waals surface area contributed by atoms with Crippen LogP contribution in [-0.4, -0.2) is 71.3 Å². The topological polar surface area (TPSA) is 93.5 Å². The lowest BCUT2D eigenvalue weighted by Crippen LogP contribution is -2.38. The summed E-state index contributed by atoms with van der Waals surface area (Å²) in [6.45, 7) is 4.64. The molecule has 212 valence electrons. The van der Waals surface area contributed by atoms with Crippen molar-refractivity contribution in [3.05, 3.63) is 99.1 Å². The summed E-state index contributed by atoms with van der Waals surface area (Å²) in [5.41, 5.74) is 1.21. The van der Waals surface area contributed by atoms with Gasteiger partial charge < -0.3 is 10.1 Å². The number of carbonyl (C=O) groups excluding carboxylic acids is 2. The molecule has 11 heteroatoms. The number of ketones is 1. The highest BCUT2D eigenvalue weighted by Gasteiger charge is 2.18. The number of Topliss-reactive ketones (excluding diaryl/α,β-unsaturated/α-hetero) is 1. The molecule has 5 rings (SSSR count). The summed E-state index contributed by atoms with van der Waals surface area (Å²) < 4.78 is 20.4. The second-order valence-corrected chi connectivity index (χ2v) is 10.9. The van der Waals surface area contributed by atoms with Crippen LogP contribution in [0.2, 0.25) is 5.02 Å². The number of halogens is 2. The van der Waals surface area contributed by atoms with E-state index in [1.54, 1.807) is 42.5 Å². The summed E-state index contributed by atoms with van der Waals surface area (Å²) >= 11 is 7.03. The van der Waals surface area contributed by atoms with Gasteiger partial charge in [0.15, 0.2) is 10.9 Å². The minimum absolute atomic E-state index is 0.00406. The first-order valence-electron chi connectivity index (χ1n) is 13.2. The van der Waals surface area contributed by atoms with Gasteiger partial charge in [0, 0.05) is 35.8 Å². The Morgan fingerprint density at radius 2 is 1.71 bits per heavy atom. The van der Waals surface area contributed by atoms with E-state index in [0.29, 0.717) is 39.3 Å². The maximum absolute atomic E-state index is 13.6. The summed E-state index contributed by atoms with van der Waals surface area (Å²) in [5.74, 6) is -0.866. The largest absolute Gasteiger partial charge is 0.379 e. The van der Waals surface area contributed by atoms with Gasteiger partial charge in [0.1, 0.15) is 5.82 Å². The van der Waals surface area contributed by atoms with Crippen LogP contribution < -0.4 is 10.9 Å². The minimum atomic E-state index is -0.441. The Morgan fingerprint density at radius 3 is 2.44 bits per heavy atom. The summed E-state index contributed by atoms with van der Waals surface area (Å²) in [6.07, 6.45) is 0.808. The third-order valence-corrected chi connectivity index (χ3v) is 7.92. The molecule has 1 N–H and O–H groups in total. The molecule has 0 radical (unpaired) electrons. The third-order valence-electron chi connectivity index (χ3n) is 6.72. The molecule has 0 bridgehead atoms. The molecule has 1 fully saturated rings. The van der Waals surface area contributed by atoms with E-state index in [0.717, 1.165) is 51.0 Å². The van der Waals surface area contributed by atoms with E-state index in [1.165, 1.54) is 28.8 Å². The fraction of sp³-hybridized carbons (Fsp3) is 0.267. The van der Waals surface area contributed by atoms with Crippen LogP contribution in [0.15, 0.2) is 76.7 Å². The van der Waals surface area contributed by atoms with Gasteiger partial charge in [0.2, 0.25) is 0 Å². The van der Waals surface area contributed by atoms with Gasteiger partial charge in [-0.05, 0) is 79.7 Å². The number of hydrogen-bond acceptors (Lipinski definition) is 7. The molecule has 3 aromatic carbocycles. The molecule has 1 saturated heterocycles. The Labute approximate surface area is 245 Å². The number of rotatable bonds is 10. The van der Waals surface area contributed by atoms with Crippen molar-refractivity contribution in [1.29, 1.82) is 0 Å². The standard InChI is InChI=1S/C30H28ClFN4O4S/c31-22-5-2-20(3-6-22)27(37)19-41-30-34-26-18-21(28(38)33-12-1-13-35-14-16-40-17-15-35)4-11-25(26)29(39)36(30)24-9-7-23(32)8-10-24/h2-11,18H,1,12-17,19H2,(H,33,38). The van der Waals surface area contributed by atoms with Crippen LogP contribution in [0.4, 0.5) is 4.39 Å². The van der Waals surface area contributed by atoms with E-state index in [-0.39, 0.29) is 28.2 Å². The van der Waals surface area contributed by atoms with Crippen molar-refractivity contribution in [3.8, 4) is 5.69 Å². The van der Waals surface area contributed by atoms with Gasteiger partial charge in [-0.2, -0.15) is 0 Å². The van der Waals surface area contributed by atoms with Crippen LogP contribution >= 0.6 is 23.4 Å². The molecule has 0 aliphatic carbocycles. The summed E-state index contributed by atoms with van der Waals surface area (Å²) in [5, 5.41) is 4.00. The average molecular weight is 595 g/mol. The van der Waals surface area contributed by atoms with E-state index < -0.39 is 5.82 Å². The van der Waals surface area contributed by atoms with Crippen molar-refractivity contribution < 1.29 is 18.7 Å². The van der Waals surface area contributed by atoms with E-state index in [9.17, 15) is 18.8 Å².